The highest BCUT2D eigenvalue weighted by Gasteiger charge is 2.29. The minimum atomic E-state index is -0.519. The summed E-state index contributed by atoms with van der Waals surface area (Å²) in [6.45, 7) is 2.18. The Kier molecular flexibility index (Phi) is 5.42. The van der Waals surface area contributed by atoms with E-state index < -0.39 is 5.91 Å². The summed E-state index contributed by atoms with van der Waals surface area (Å²) in [6, 6.07) is 0.251. The Balaban J connectivity index is 1.76. The van der Waals surface area contributed by atoms with Crippen molar-refractivity contribution in [2.45, 2.75) is 82.4 Å². The van der Waals surface area contributed by atoms with Gasteiger partial charge in [-0.2, -0.15) is 4.98 Å². The second-order valence-corrected chi connectivity index (χ2v) is 7.72. The highest BCUT2D eigenvalue weighted by atomic mass is 16.3. The molecule has 2 aliphatic carbocycles. The zero-order valence-corrected chi connectivity index (χ0v) is 14.9. The molecule has 1 aromatic heterocycles. The molecule has 0 unspecified atom stereocenters. The lowest BCUT2D eigenvalue weighted by molar-refractivity contribution is 0.1000. The maximum absolute atomic E-state index is 11.8. The van der Waals surface area contributed by atoms with Crippen molar-refractivity contribution in [3.63, 3.8) is 0 Å². The van der Waals surface area contributed by atoms with Crippen LogP contribution in [0.4, 0.5) is 11.8 Å². The van der Waals surface area contributed by atoms with Crippen molar-refractivity contribution in [2.24, 2.45) is 5.73 Å². The van der Waals surface area contributed by atoms with Crippen LogP contribution in [-0.4, -0.2) is 38.7 Å². The van der Waals surface area contributed by atoms with E-state index in [0.29, 0.717) is 17.3 Å². The first kappa shape index (κ1) is 17.9. The van der Waals surface area contributed by atoms with E-state index in [2.05, 4.69) is 27.5 Å². The third-order valence-corrected chi connectivity index (χ3v) is 5.46. The molecule has 3 rings (SSSR count). The lowest BCUT2D eigenvalue weighted by Gasteiger charge is -2.35. The molecule has 7 heteroatoms. The third-order valence-electron chi connectivity index (χ3n) is 5.46. The number of nitrogens with one attached hydrogen (secondary N) is 2. The molecular formula is C18H29N5O2. The fourth-order valence-electron chi connectivity index (χ4n) is 3.87. The van der Waals surface area contributed by atoms with Crippen LogP contribution in [0.1, 0.15) is 75.1 Å². The smallest absolute Gasteiger partial charge is 0.254 e. The predicted molar refractivity (Wildman–Crippen MR) is 97.5 cm³/mol. The first-order valence-electron chi connectivity index (χ1n) is 9.35. The van der Waals surface area contributed by atoms with Gasteiger partial charge in [-0.1, -0.05) is 19.3 Å². The molecule has 1 amide bonds. The summed E-state index contributed by atoms with van der Waals surface area (Å²) in [5.41, 5.74) is 5.77. The summed E-state index contributed by atoms with van der Waals surface area (Å²) < 4.78 is 0. The molecule has 2 aliphatic rings. The number of aliphatic hydroxyl groups is 1. The maximum atomic E-state index is 11.8. The van der Waals surface area contributed by atoms with Gasteiger partial charge in [0, 0.05) is 17.8 Å². The minimum absolute atomic E-state index is 0.0664. The molecule has 7 nitrogen and oxygen atoms in total. The van der Waals surface area contributed by atoms with Crippen molar-refractivity contribution in [3.05, 3.63) is 11.8 Å². The predicted octanol–water partition coefficient (Wildman–Crippen LogP) is 2.43. The molecule has 0 atom stereocenters. The molecule has 25 heavy (non-hydrogen) atoms. The maximum Gasteiger partial charge on any atom is 0.254 e. The molecule has 2 saturated carbocycles. The van der Waals surface area contributed by atoms with E-state index in [9.17, 15) is 9.90 Å². The van der Waals surface area contributed by atoms with Crippen LogP contribution in [0.15, 0.2) is 6.20 Å². The molecule has 0 spiro atoms. The summed E-state index contributed by atoms with van der Waals surface area (Å²) in [7, 11) is 0. The number of anilines is 2. The van der Waals surface area contributed by atoms with Crippen molar-refractivity contribution in [3.8, 4) is 0 Å². The van der Waals surface area contributed by atoms with Gasteiger partial charge in [-0.25, -0.2) is 4.98 Å². The topological polar surface area (TPSA) is 113 Å². The Hall–Kier alpha value is -1.89. The van der Waals surface area contributed by atoms with Crippen LogP contribution in [0, 0.1) is 0 Å². The van der Waals surface area contributed by atoms with Crippen LogP contribution >= 0.6 is 0 Å². The van der Waals surface area contributed by atoms with Gasteiger partial charge in [-0.05, 0) is 45.4 Å². The summed E-state index contributed by atoms with van der Waals surface area (Å²) >= 11 is 0. The molecule has 2 fully saturated rings. The summed E-state index contributed by atoms with van der Waals surface area (Å²) in [5.74, 6) is 0.507. The Morgan fingerprint density at radius 1 is 1.24 bits per heavy atom. The molecule has 0 aliphatic heterocycles. The van der Waals surface area contributed by atoms with Gasteiger partial charge in [0.1, 0.15) is 5.82 Å². The zero-order valence-electron chi connectivity index (χ0n) is 14.9. The number of nitrogens with two attached hydrogens (primary N) is 1. The number of hydrogen-bond donors (Lipinski definition) is 4. The SMILES string of the molecule is CC1(Nc2nc(N[C@H]3CC[C@H](O)CC3)ncc2C(N)=O)CCCCC1. The number of aliphatic hydroxyl groups excluding tert-OH is 1. The van der Waals surface area contributed by atoms with Gasteiger partial charge in [-0.3, -0.25) is 4.79 Å². The van der Waals surface area contributed by atoms with E-state index in [1.165, 1.54) is 25.5 Å². The molecule has 1 heterocycles. The standard InChI is InChI=1S/C18H29N5O2/c1-18(9-3-2-4-10-18)23-16-14(15(19)25)11-20-17(22-16)21-12-5-7-13(24)8-6-12/h11-13,24H,2-10H2,1H3,(H2,19,25)(H2,20,21,22,23)/t12-,13-. The average molecular weight is 347 g/mol. The number of amides is 1. The van der Waals surface area contributed by atoms with Crippen molar-refractivity contribution in [2.75, 3.05) is 10.6 Å². The monoisotopic (exact) mass is 347 g/mol. The third kappa shape index (κ3) is 4.60. The van der Waals surface area contributed by atoms with Gasteiger partial charge < -0.3 is 21.5 Å². The van der Waals surface area contributed by atoms with E-state index in [-0.39, 0.29) is 17.7 Å². The van der Waals surface area contributed by atoms with E-state index in [4.69, 9.17) is 5.73 Å². The quantitative estimate of drug-likeness (QED) is 0.650. The van der Waals surface area contributed by atoms with Crippen LogP contribution in [0.5, 0.6) is 0 Å². The highest BCUT2D eigenvalue weighted by Crippen LogP contribution is 2.32. The van der Waals surface area contributed by atoms with Gasteiger partial charge in [0.25, 0.3) is 5.91 Å². The van der Waals surface area contributed by atoms with Crippen LogP contribution in [0.3, 0.4) is 0 Å². The number of primary amides is 1. The van der Waals surface area contributed by atoms with Gasteiger partial charge in [0.05, 0.1) is 11.7 Å². The molecule has 0 aromatic carbocycles. The Morgan fingerprint density at radius 3 is 2.56 bits per heavy atom. The Morgan fingerprint density at radius 2 is 1.92 bits per heavy atom. The van der Waals surface area contributed by atoms with Crippen molar-refractivity contribution in [1.29, 1.82) is 0 Å². The summed E-state index contributed by atoms with van der Waals surface area (Å²) in [4.78, 5) is 20.6. The lowest BCUT2D eigenvalue weighted by atomic mass is 9.83. The van der Waals surface area contributed by atoms with Crippen LogP contribution in [0.25, 0.3) is 0 Å². The summed E-state index contributed by atoms with van der Waals surface area (Å²) in [6.07, 6.45) is 10.4. The number of hydrogen-bond acceptors (Lipinski definition) is 6. The number of rotatable bonds is 5. The van der Waals surface area contributed by atoms with E-state index in [1.54, 1.807) is 0 Å². The van der Waals surface area contributed by atoms with Crippen molar-refractivity contribution >= 4 is 17.7 Å². The van der Waals surface area contributed by atoms with Crippen molar-refractivity contribution in [1.82, 2.24) is 9.97 Å². The first-order valence-corrected chi connectivity index (χ1v) is 9.35. The van der Waals surface area contributed by atoms with Gasteiger partial charge in [-0.15, -0.1) is 0 Å². The second kappa shape index (κ2) is 7.56. The zero-order chi connectivity index (χ0) is 17.9. The van der Waals surface area contributed by atoms with Gasteiger partial charge in [0.15, 0.2) is 0 Å². The fraction of sp³-hybridized carbons (Fsp3) is 0.722. The average Bonchev–Trinajstić information content (AvgIpc) is 2.57. The van der Waals surface area contributed by atoms with Gasteiger partial charge >= 0.3 is 0 Å². The number of nitrogens with zero attached hydrogens (tertiary/aromatic N) is 2. The Bertz CT molecular complexity index is 607. The molecule has 5 N–H and O–H groups in total. The molecule has 0 radical (unpaired) electrons. The first-order chi connectivity index (χ1) is 12.0. The molecule has 0 bridgehead atoms. The fourth-order valence-corrected chi connectivity index (χ4v) is 3.87. The number of carbonyl (C=O) groups excluding carboxylic acids is 1. The molecule has 138 valence electrons. The highest BCUT2D eigenvalue weighted by molar-refractivity contribution is 5.97. The number of carbonyl (C=O) groups is 1. The minimum Gasteiger partial charge on any atom is -0.393 e. The van der Waals surface area contributed by atoms with E-state index in [0.717, 1.165) is 38.5 Å². The van der Waals surface area contributed by atoms with E-state index >= 15 is 0 Å². The molecule has 1 aromatic rings. The number of aromatic nitrogens is 2. The summed E-state index contributed by atoms with van der Waals surface area (Å²) in [5, 5.41) is 16.4. The molecule has 0 saturated heterocycles. The largest absolute Gasteiger partial charge is 0.393 e. The Labute approximate surface area is 148 Å². The second-order valence-electron chi connectivity index (χ2n) is 7.72. The van der Waals surface area contributed by atoms with Crippen LogP contribution in [0.2, 0.25) is 0 Å². The van der Waals surface area contributed by atoms with E-state index in [1.807, 2.05) is 0 Å². The lowest BCUT2D eigenvalue weighted by Crippen LogP contribution is -2.38. The van der Waals surface area contributed by atoms with Crippen LogP contribution in [-0.2, 0) is 0 Å². The van der Waals surface area contributed by atoms with Crippen molar-refractivity contribution < 1.29 is 9.90 Å². The van der Waals surface area contributed by atoms with Gasteiger partial charge in [0.2, 0.25) is 5.95 Å². The normalized spacial score (nSPS) is 26.0. The van der Waals surface area contributed by atoms with Crippen LogP contribution < -0.4 is 16.4 Å². The molecular weight excluding hydrogens is 318 g/mol.